The van der Waals surface area contributed by atoms with Crippen molar-refractivity contribution in [3.05, 3.63) is 0 Å². The predicted octanol–water partition coefficient (Wildman–Crippen LogP) is 0.551. The number of hydrogen-bond donors (Lipinski definition) is 1. The molecule has 0 aromatic carbocycles. The van der Waals surface area contributed by atoms with Crippen molar-refractivity contribution in [2.24, 2.45) is 0 Å². The van der Waals surface area contributed by atoms with Crippen molar-refractivity contribution in [3.8, 4) is 12.3 Å². The van der Waals surface area contributed by atoms with E-state index in [1.807, 2.05) is 20.8 Å². The van der Waals surface area contributed by atoms with Gasteiger partial charge in [0, 0.05) is 0 Å². The van der Waals surface area contributed by atoms with Crippen LogP contribution in [-0.4, -0.2) is 24.7 Å². The predicted molar refractivity (Wildman–Crippen MR) is 47.5 cm³/mol. The molecule has 0 radical (unpaired) electrons. The van der Waals surface area contributed by atoms with Crippen LogP contribution in [0.2, 0.25) is 0 Å². The number of ether oxygens (including phenoxy) is 1. The van der Waals surface area contributed by atoms with E-state index in [1.165, 1.54) is 0 Å². The van der Waals surface area contributed by atoms with Gasteiger partial charge >= 0.3 is 5.97 Å². The molecule has 0 aromatic heterocycles. The minimum Gasteiger partial charge on any atom is -0.459 e. The van der Waals surface area contributed by atoms with E-state index in [9.17, 15) is 4.79 Å². The maximum atomic E-state index is 11.0. The van der Waals surface area contributed by atoms with Gasteiger partial charge in [-0.05, 0) is 20.8 Å². The maximum absolute atomic E-state index is 11.0. The van der Waals surface area contributed by atoms with Gasteiger partial charge in [-0.25, -0.2) is 0 Å². The van der Waals surface area contributed by atoms with Gasteiger partial charge in [-0.1, -0.05) is 5.92 Å². The molecule has 0 aliphatic carbocycles. The number of hydrogen-bond acceptors (Lipinski definition) is 3. The largest absolute Gasteiger partial charge is 0.459 e. The molecule has 0 rings (SSSR count). The average molecular weight is 169 g/mol. The lowest BCUT2D eigenvalue weighted by atomic mass is 10.2. The van der Waals surface area contributed by atoms with Crippen molar-refractivity contribution in [3.63, 3.8) is 0 Å². The summed E-state index contributed by atoms with van der Waals surface area (Å²) in [6, 6.07) is 0. The van der Waals surface area contributed by atoms with E-state index < -0.39 is 5.60 Å². The van der Waals surface area contributed by atoms with E-state index >= 15 is 0 Å². The van der Waals surface area contributed by atoms with E-state index in [-0.39, 0.29) is 12.5 Å². The number of carbonyl (C=O) groups is 1. The molecule has 0 heterocycles. The first-order chi connectivity index (χ1) is 5.45. The number of nitrogens with one attached hydrogen (secondary N) is 1. The summed E-state index contributed by atoms with van der Waals surface area (Å²) in [4.78, 5) is 11.0. The zero-order chi connectivity index (χ0) is 9.61. The molecule has 68 valence electrons. The summed E-state index contributed by atoms with van der Waals surface area (Å²) in [5.41, 5.74) is -0.422. The third-order valence-corrected chi connectivity index (χ3v) is 0.916. The van der Waals surface area contributed by atoms with Crippen LogP contribution in [0, 0.1) is 12.3 Å². The summed E-state index contributed by atoms with van der Waals surface area (Å²) in [6.07, 6.45) is 4.98. The summed E-state index contributed by atoms with van der Waals surface area (Å²) in [6.45, 7) is 6.03. The maximum Gasteiger partial charge on any atom is 0.320 e. The van der Waals surface area contributed by atoms with Crippen LogP contribution < -0.4 is 5.32 Å². The Morgan fingerprint density at radius 1 is 1.58 bits per heavy atom. The molecule has 1 N–H and O–H groups in total. The Morgan fingerprint density at radius 2 is 2.17 bits per heavy atom. The molecule has 0 atom stereocenters. The van der Waals surface area contributed by atoms with Crippen LogP contribution >= 0.6 is 0 Å². The van der Waals surface area contributed by atoms with E-state index in [2.05, 4.69) is 11.2 Å². The van der Waals surface area contributed by atoms with Gasteiger partial charge < -0.3 is 4.74 Å². The minimum atomic E-state index is -0.422. The normalized spacial score (nSPS) is 10.5. The summed E-state index contributed by atoms with van der Waals surface area (Å²) < 4.78 is 5.01. The Kier molecular flexibility index (Phi) is 4.38. The molecule has 0 bridgehead atoms. The topological polar surface area (TPSA) is 38.3 Å². The Balaban J connectivity index is 3.56. The highest BCUT2D eigenvalue weighted by Crippen LogP contribution is 2.05. The Labute approximate surface area is 73.5 Å². The molecular formula is C9H15NO2. The molecule has 3 nitrogen and oxygen atoms in total. The summed E-state index contributed by atoms with van der Waals surface area (Å²) in [5, 5.41) is 2.75. The first-order valence-corrected chi connectivity index (χ1v) is 3.82. The fourth-order valence-corrected chi connectivity index (χ4v) is 0.614. The smallest absolute Gasteiger partial charge is 0.320 e. The lowest BCUT2D eigenvalue weighted by Crippen LogP contribution is -2.31. The average Bonchev–Trinajstić information content (AvgIpc) is 1.84. The van der Waals surface area contributed by atoms with Crippen LogP contribution in [0.4, 0.5) is 0 Å². The second-order valence-electron chi connectivity index (χ2n) is 3.39. The number of esters is 1. The number of rotatable bonds is 3. The molecule has 0 fully saturated rings. The van der Waals surface area contributed by atoms with Crippen molar-refractivity contribution in [2.75, 3.05) is 13.1 Å². The van der Waals surface area contributed by atoms with Gasteiger partial charge in [-0.15, -0.1) is 6.42 Å². The van der Waals surface area contributed by atoms with Gasteiger partial charge in [0.15, 0.2) is 0 Å². The Hall–Kier alpha value is -1.01. The fourth-order valence-electron chi connectivity index (χ4n) is 0.614. The van der Waals surface area contributed by atoms with Crippen molar-refractivity contribution in [2.45, 2.75) is 26.4 Å². The molecular weight excluding hydrogens is 154 g/mol. The summed E-state index contributed by atoms with van der Waals surface area (Å²) in [7, 11) is 0. The second-order valence-corrected chi connectivity index (χ2v) is 3.39. The molecule has 0 amide bonds. The molecule has 3 heteroatoms. The fraction of sp³-hybridized carbons (Fsp3) is 0.667. The standard InChI is InChI=1S/C9H15NO2/c1-5-6-10-7-8(11)12-9(2,3)4/h1,10H,6-7H2,2-4H3. The third kappa shape index (κ3) is 7.10. The van der Waals surface area contributed by atoms with Crippen molar-refractivity contribution in [1.29, 1.82) is 0 Å². The minimum absolute atomic E-state index is 0.168. The van der Waals surface area contributed by atoms with E-state index in [0.29, 0.717) is 6.54 Å². The molecule has 0 unspecified atom stereocenters. The van der Waals surface area contributed by atoms with Gasteiger partial charge in [0.25, 0.3) is 0 Å². The molecule has 12 heavy (non-hydrogen) atoms. The monoisotopic (exact) mass is 169 g/mol. The van der Waals surface area contributed by atoms with Gasteiger partial charge in [-0.2, -0.15) is 0 Å². The summed E-state index contributed by atoms with van der Waals surface area (Å²) in [5.74, 6) is 2.09. The van der Waals surface area contributed by atoms with Crippen molar-refractivity contribution in [1.82, 2.24) is 5.32 Å². The van der Waals surface area contributed by atoms with Gasteiger partial charge in [0.05, 0.1) is 13.1 Å². The first-order valence-electron chi connectivity index (χ1n) is 3.82. The number of carbonyl (C=O) groups excluding carboxylic acids is 1. The van der Waals surface area contributed by atoms with Crippen LogP contribution in [-0.2, 0) is 9.53 Å². The first kappa shape index (κ1) is 11.0. The van der Waals surface area contributed by atoms with E-state index in [1.54, 1.807) is 0 Å². The van der Waals surface area contributed by atoms with Gasteiger partial charge in [0.1, 0.15) is 5.60 Å². The SMILES string of the molecule is C#CCNCC(=O)OC(C)(C)C. The van der Waals surface area contributed by atoms with Gasteiger partial charge in [-0.3, -0.25) is 10.1 Å². The van der Waals surface area contributed by atoms with Crippen molar-refractivity contribution >= 4 is 5.97 Å². The highest BCUT2D eigenvalue weighted by Gasteiger charge is 2.15. The third-order valence-electron chi connectivity index (χ3n) is 0.916. The molecule has 0 aliphatic rings. The van der Waals surface area contributed by atoms with E-state index in [4.69, 9.17) is 11.2 Å². The molecule has 0 aliphatic heterocycles. The molecule has 0 spiro atoms. The zero-order valence-electron chi connectivity index (χ0n) is 7.81. The molecule has 0 saturated heterocycles. The molecule has 0 aromatic rings. The lowest BCUT2D eigenvalue weighted by Gasteiger charge is -2.19. The molecule has 0 saturated carbocycles. The van der Waals surface area contributed by atoms with E-state index in [0.717, 1.165) is 0 Å². The van der Waals surface area contributed by atoms with Gasteiger partial charge in [0.2, 0.25) is 0 Å². The van der Waals surface area contributed by atoms with Crippen LogP contribution in [0.15, 0.2) is 0 Å². The van der Waals surface area contributed by atoms with Crippen molar-refractivity contribution < 1.29 is 9.53 Å². The van der Waals surface area contributed by atoms with Crippen LogP contribution in [0.3, 0.4) is 0 Å². The number of terminal acetylenes is 1. The van der Waals surface area contributed by atoms with Crippen LogP contribution in [0.25, 0.3) is 0 Å². The highest BCUT2D eigenvalue weighted by molar-refractivity contribution is 5.72. The Morgan fingerprint density at radius 3 is 2.58 bits per heavy atom. The quantitative estimate of drug-likeness (QED) is 0.381. The highest BCUT2D eigenvalue weighted by atomic mass is 16.6. The lowest BCUT2D eigenvalue weighted by molar-refractivity contribution is -0.153. The van der Waals surface area contributed by atoms with Crippen LogP contribution in [0.1, 0.15) is 20.8 Å². The second kappa shape index (κ2) is 4.78. The zero-order valence-corrected chi connectivity index (χ0v) is 7.81. The Bertz CT molecular complexity index is 186. The van der Waals surface area contributed by atoms with Crippen LogP contribution in [0.5, 0.6) is 0 Å². The summed E-state index contributed by atoms with van der Waals surface area (Å²) >= 11 is 0.